The molecule has 4 N–H and O–H groups in total. The van der Waals surface area contributed by atoms with E-state index in [0.717, 1.165) is 5.56 Å². The van der Waals surface area contributed by atoms with Crippen molar-refractivity contribution in [3.8, 4) is 5.75 Å². The molecule has 1 aromatic carbocycles. The lowest BCUT2D eigenvalue weighted by Gasteiger charge is -2.32. The summed E-state index contributed by atoms with van der Waals surface area (Å²) in [4.78, 5) is 0. The Morgan fingerprint density at radius 2 is 2.05 bits per heavy atom. The summed E-state index contributed by atoms with van der Waals surface area (Å²) < 4.78 is 11.2. The van der Waals surface area contributed by atoms with Crippen LogP contribution in [0.25, 0.3) is 0 Å². The Labute approximate surface area is 113 Å². The summed E-state index contributed by atoms with van der Waals surface area (Å²) in [5.74, 6) is 0.667. The van der Waals surface area contributed by atoms with Gasteiger partial charge >= 0.3 is 0 Å². The molecule has 1 saturated heterocycles. The van der Waals surface area contributed by atoms with Crippen LogP contribution in [0.15, 0.2) is 24.3 Å². The van der Waals surface area contributed by atoms with Gasteiger partial charge in [-0.3, -0.25) is 0 Å². The quantitative estimate of drug-likeness (QED) is 0.756. The fraction of sp³-hybridized carbons (Fsp3) is 0.571. The van der Waals surface area contributed by atoms with Gasteiger partial charge < -0.3 is 25.4 Å². The van der Waals surface area contributed by atoms with Crippen molar-refractivity contribution in [3.63, 3.8) is 0 Å². The molecule has 4 atom stereocenters. The molecule has 0 bridgehead atoms. The van der Waals surface area contributed by atoms with Gasteiger partial charge in [-0.05, 0) is 24.6 Å². The summed E-state index contributed by atoms with van der Waals surface area (Å²) in [6.07, 6.45) is -0.538. The van der Waals surface area contributed by atoms with E-state index < -0.39 is 12.4 Å². The summed E-state index contributed by atoms with van der Waals surface area (Å²) in [7, 11) is 0. The second-order valence-corrected chi connectivity index (χ2v) is 4.97. The zero-order chi connectivity index (χ0) is 13.8. The fourth-order valence-corrected chi connectivity index (χ4v) is 2.14. The van der Waals surface area contributed by atoms with Crippen LogP contribution < -0.4 is 10.5 Å². The van der Waals surface area contributed by atoms with E-state index in [9.17, 15) is 5.11 Å². The molecule has 19 heavy (non-hydrogen) atoms. The lowest BCUT2D eigenvalue weighted by molar-refractivity contribution is -0.184. The van der Waals surface area contributed by atoms with Crippen LogP contribution >= 0.6 is 0 Å². The van der Waals surface area contributed by atoms with Crippen LogP contribution in [0.1, 0.15) is 31.4 Å². The normalized spacial score (nSPS) is 28.9. The highest BCUT2D eigenvalue weighted by Gasteiger charge is 2.29. The number of nitrogens with two attached hydrogens (primary N) is 1. The number of ether oxygens (including phenoxy) is 2. The van der Waals surface area contributed by atoms with E-state index in [0.29, 0.717) is 18.6 Å². The van der Waals surface area contributed by atoms with E-state index >= 15 is 0 Å². The average Bonchev–Trinajstić information content (AvgIpc) is 2.38. The minimum Gasteiger partial charge on any atom is -0.465 e. The van der Waals surface area contributed by atoms with Gasteiger partial charge in [0.2, 0.25) is 6.29 Å². The van der Waals surface area contributed by atoms with E-state index in [4.69, 9.17) is 20.3 Å². The first-order chi connectivity index (χ1) is 9.08. The highest BCUT2D eigenvalue weighted by atomic mass is 16.7. The second kappa shape index (κ2) is 6.34. The molecule has 5 heteroatoms. The van der Waals surface area contributed by atoms with Crippen LogP contribution in [-0.4, -0.2) is 35.3 Å². The molecule has 1 aromatic rings. The number of aliphatic hydroxyl groups is 2. The van der Waals surface area contributed by atoms with Crippen LogP contribution in [0, 0.1) is 0 Å². The largest absolute Gasteiger partial charge is 0.465 e. The second-order valence-electron chi connectivity index (χ2n) is 4.97. The molecule has 1 aliphatic rings. The third kappa shape index (κ3) is 3.91. The molecule has 106 valence electrons. The molecule has 0 aromatic heterocycles. The molecule has 1 unspecified atom stereocenters. The first kappa shape index (κ1) is 14.3. The number of rotatable bonds is 4. The molecule has 1 fully saturated rings. The first-order valence-corrected chi connectivity index (χ1v) is 6.55. The number of hydrogen-bond acceptors (Lipinski definition) is 5. The van der Waals surface area contributed by atoms with Gasteiger partial charge in [-0.25, -0.2) is 0 Å². The summed E-state index contributed by atoms with van der Waals surface area (Å²) in [6, 6.07) is 7.46. The predicted molar refractivity (Wildman–Crippen MR) is 70.7 cm³/mol. The molecule has 0 spiro atoms. The Morgan fingerprint density at radius 1 is 1.37 bits per heavy atom. The third-order valence-corrected chi connectivity index (χ3v) is 3.22. The van der Waals surface area contributed by atoms with Crippen LogP contribution in [0.2, 0.25) is 0 Å². The van der Waals surface area contributed by atoms with E-state index in [-0.39, 0.29) is 18.8 Å². The Bertz CT molecular complexity index is 393. The fourth-order valence-electron chi connectivity index (χ4n) is 2.14. The van der Waals surface area contributed by atoms with Gasteiger partial charge in [0.1, 0.15) is 5.75 Å². The molecular formula is C14H21NO4. The van der Waals surface area contributed by atoms with Gasteiger partial charge in [0.25, 0.3) is 0 Å². The van der Waals surface area contributed by atoms with Crippen molar-refractivity contribution >= 4 is 0 Å². The van der Waals surface area contributed by atoms with E-state index in [1.54, 1.807) is 0 Å². The smallest absolute Gasteiger partial charge is 0.202 e. The van der Waals surface area contributed by atoms with Crippen molar-refractivity contribution in [1.29, 1.82) is 0 Å². The lowest BCUT2D eigenvalue weighted by atomic mass is 10.1. The van der Waals surface area contributed by atoms with Crippen LogP contribution in [0.4, 0.5) is 0 Å². The Morgan fingerprint density at radius 3 is 2.63 bits per heavy atom. The molecule has 2 rings (SSSR count). The molecule has 1 heterocycles. The van der Waals surface area contributed by atoms with Gasteiger partial charge in [-0.15, -0.1) is 0 Å². The molecule has 0 radical (unpaired) electrons. The van der Waals surface area contributed by atoms with Crippen molar-refractivity contribution in [3.05, 3.63) is 29.8 Å². The molecule has 0 saturated carbocycles. The van der Waals surface area contributed by atoms with E-state index in [1.165, 1.54) is 0 Å². The van der Waals surface area contributed by atoms with Crippen molar-refractivity contribution < 1.29 is 19.7 Å². The van der Waals surface area contributed by atoms with Crippen molar-refractivity contribution in [2.75, 3.05) is 6.61 Å². The van der Waals surface area contributed by atoms with Crippen molar-refractivity contribution in [2.24, 2.45) is 5.73 Å². The molecular weight excluding hydrogens is 246 g/mol. The van der Waals surface area contributed by atoms with Crippen LogP contribution in [0.5, 0.6) is 5.75 Å². The topological polar surface area (TPSA) is 84.9 Å². The van der Waals surface area contributed by atoms with Crippen LogP contribution in [-0.2, 0) is 4.74 Å². The van der Waals surface area contributed by atoms with Gasteiger partial charge in [0, 0.05) is 18.9 Å². The lowest BCUT2D eigenvalue weighted by Crippen LogP contribution is -2.40. The maximum absolute atomic E-state index is 9.69. The molecule has 1 aliphatic heterocycles. The minimum atomic E-state index is -0.526. The molecule has 0 aliphatic carbocycles. The summed E-state index contributed by atoms with van der Waals surface area (Å²) in [5.41, 5.74) is 6.81. The number of benzene rings is 1. The maximum Gasteiger partial charge on any atom is 0.202 e. The monoisotopic (exact) mass is 267 g/mol. The van der Waals surface area contributed by atoms with Crippen molar-refractivity contribution in [1.82, 2.24) is 0 Å². The van der Waals surface area contributed by atoms with E-state index in [1.807, 2.05) is 31.2 Å². The summed E-state index contributed by atoms with van der Waals surface area (Å²) in [5, 5.41) is 18.8. The number of hydrogen-bond donors (Lipinski definition) is 3. The van der Waals surface area contributed by atoms with Crippen molar-refractivity contribution in [2.45, 2.75) is 44.3 Å². The summed E-state index contributed by atoms with van der Waals surface area (Å²) in [6.45, 7) is 1.81. The van der Waals surface area contributed by atoms with E-state index in [2.05, 4.69) is 0 Å². The number of aliphatic hydroxyl groups excluding tert-OH is 2. The minimum absolute atomic E-state index is 0.0134. The Kier molecular flexibility index (Phi) is 4.76. The van der Waals surface area contributed by atoms with Gasteiger partial charge in [0.05, 0.1) is 18.8 Å². The van der Waals surface area contributed by atoms with Gasteiger partial charge in [0.15, 0.2) is 0 Å². The molecule has 0 amide bonds. The zero-order valence-corrected chi connectivity index (χ0v) is 11.0. The Hall–Kier alpha value is -1.14. The van der Waals surface area contributed by atoms with Gasteiger partial charge in [-0.2, -0.15) is 0 Å². The third-order valence-electron chi connectivity index (χ3n) is 3.22. The van der Waals surface area contributed by atoms with Crippen LogP contribution in [0.3, 0.4) is 0 Å². The highest BCUT2D eigenvalue weighted by Crippen LogP contribution is 2.24. The zero-order valence-electron chi connectivity index (χ0n) is 11.0. The van der Waals surface area contributed by atoms with Gasteiger partial charge in [-0.1, -0.05) is 12.1 Å². The first-order valence-electron chi connectivity index (χ1n) is 6.55. The Balaban J connectivity index is 1.96. The summed E-state index contributed by atoms with van der Waals surface area (Å²) >= 11 is 0. The molecule has 5 nitrogen and oxygen atoms in total. The maximum atomic E-state index is 9.69. The predicted octanol–water partition coefficient (Wildman–Crippen LogP) is 0.943. The standard InChI is InChI=1S/C14H21NO4/c1-9(15)10-2-4-12(5-3-10)18-14-7-11(17)6-13(8-16)19-14/h2-5,9,11,13-14,16-17H,6-8,15H2,1H3/t9?,11-,13-,14+/m0/s1. The highest BCUT2D eigenvalue weighted by molar-refractivity contribution is 5.28. The SMILES string of the molecule is CC(N)c1ccc(O[C@H]2C[C@@H](O)C[C@@H](CO)O2)cc1. The average molecular weight is 267 g/mol.